The molecular weight excluding hydrogens is 246 g/mol. The van der Waals surface area contributed by atoms with Crippen LogP contribution in [-0.4, -0.2) is 23.5 Å². The molecule has 1 aromatic rings. The Balaban J connectivity index is 2.01. The molecule has 5 nitrogen and oxygen atoms in total. The van der Waals surface area contributed by atoms with Crippen LogP contribution in [0.2, 0.25) is 0 Å². The monoisotopic (exact) mass is 265 g/mol. The average Bonchev–Trinajstić information content (AvgIpc) is 2.41. The maximum Gasteiger partial charge on any atom is 0.306 e. The zero-order valence-corrected chi connectivity index (χ0v) is 11.1. The molecule has 0 radical (unpaired) electrons. The Morgan fingerprint density at radius 3 is 2.68 bits per heavy atom. The minimum atomic E-state index is -0.269. The van der Waals surface area contributed by atoms with E-state index in [0.29, 0.717) is 13.0 Å². The number of carbonyl (C=O) groups excluding carboxylic acids is 2. The number of ether oxygens (including phenoxy) is 2. The van der Waals surface area contributed by atoms with Crippen LogP contribution < -0.4 is 0 Å². The molecule has 1 heterocycles. The summed E-state index contributed by atoms with van der Waals surface area (Å²) in [5, 5.41) is 0. The third kappa shape index (κ3) is 7.91. The molecule has 0 amide bonds. The number of unbranched alkanes of at least 4 members (excludes halogenated alkanes) is 2. The Morgan fingerprint density at radius 1 is 1.16 bits per heavy atom. The highest BCUT2D eigenvalue weighted by Crippen LogP contribution is 2.04. The van der Waals surface area contributed by atoms with Crippen molar-refractivity contribution in [3.8, 4) is 0 Å². The molecule has 0 bridgehead atoms. The fourth-order valence-electron chi connectivity index (χ4n) is 1.47. The molecule has 0 aliphatic carbocycles. The molecule has 104 valence electrons. The van der Waals surface area contributed by atoms with E-state index < -0.39 is 0 Å². The number of pyridine rings is 1. The van der Waals surface area contributed by atoms with Crippen LogP contribution in [0.25, 0.3) is 0 Å². The number of aromatic nitrogens is 1. The van der Waals surface area contributed by atoms with E-state index in [9.17, 15) is 9.59 Å². The highest BCUT2D eigenvalue weighted by molar-refractivity contribution is 5.69. The van der Waals surface area contributed by atoms with Crippen molar-refractivity contribution in [2.45, 2.75) is 39.2 Å². The van der Waals surface area contributed by atoms with Gasteiger partial charge >= 0.3 is 11.9 Å². The van der Waals surface area contributed by atoms with E-state index >= 15 is 0 Å². The summed E-state index contributed by atoms with van der Waals surface area (Å²) in [5.41, 5.74) is 0.741. The molecule has 0 unspecified atom stereocenters. The summed E-state index contributed by atoms with van der Waals surface area (Å²) in [4.78, 5) is 26.0. The van der Waals surface area contributed by atoms with Crippen LogP contribution in [0.15, 0.2) is 24.4 Å². The van der Waals surface area contributed by atoms with Crippen molar-refractivity contribution >= 4 is 11.9 Å². The summed E-state index contributed by atoms with van der Waals surface area (Å²) in [6.45, 7) is 2.01. The zero-order valence-electron chi connectivity index (χ0n) is 11.1. The number of carbonyl (C=O) groups is 2. The van der Waals surface area contributed by atoms with Crippen LogP contribution in [0.4, 0.5) is 0 Å². The highest BCUT2D eigenvalue weighted by atomic mass is 16.5. The lowest BCUT2D eigenvalue weighted by Crippen LogP contribution is -2.05. The Morgan fingerprint density at radius 2 is 2.00 bits per heavy atom. The molecule has 0 aromatic carbocycles. The molecule has 0 aliphatic rings. The largest absolute Gasteiger partial charge is 0.466 e. The van der Waals surface area contributed by atoms with Gasteiger partial charge in [-0.1, -0.05) is 6.07 Å². The van der Waals surface area contributed by atoms with Crippen molar-refractivity contribution in [2.24, 2.45) is 0 Å². The van der Waals surface area contributed by atoms with E-state index in [1.165, 1.54) is 6.92 Å². The minimum Gasteiger partial charge on any atom is -0.466 e. The van der Waals surface area contributed by atoms with Crippen LogP contribution in [0.3, 0.4) is 0 Å². The second-order valence-corrected chi connectivity index (χ2v) is 4.13. The van der Waals surface area contributed by atoms with Gasteiger partial charge in [-0.15, -0.1) is 0 Å². The van der Waals surface area contributed by atoms with Gasteiger partial charge in [0.2, 0.25) is 0 Å². The van der Waals surface area contributed by atoms with Gasteiger partial charge in [0, 0.05) is 19.5 Å². The second kappa shape index (κ2) is 9.08. The Bertz CT molecular complexity index is 392. The molecule has 0 aliphatic heterocycles. The molecule has 0 fully saturated rings. The van der Waals surface area contributed by atoms with Crippen molar-refractivity contribution in [3.63, 3.8) is 0 Å². The van der Waals surface area contributed by atoms with E-state index in [1.807, 2.05) is 18.2 Å². The van der Waals surface area contributed by atoms with Gasteiger partial charge in [-0.2, -0.15) is 0 Å². The molecule has 0 spiro atoms. The lowest BCUT2D eigenvalue weighted by molar-refractivity contribution is -0.145. The van der Waals surface area contributed by atoms with E-state index in [0.717, 1.165) is 25.0 Å². The van der Waals surface area contributed by atoms with Crippen molar-refractivity contribution in [1.29, 1.82) is 0 Å². The topological polar surface area (TPSA) is 65.5 Å². The average molecular weight is 265 g/mol. The molecule has 1 aromatic heterocycles. The van der Waals surface area contributed by atoms with Gasteiger partial charge in [-0.05, 0) is 31.4 Å². The maximum atomic E-state index is 11.4. The van der Waals surface area contributed by atoms with Crippen molar-refractivity contribution in [1.82, 2.24) is 4.98 Å². The molecule has 0 N–H and O–H groups in total. The first-order chi connectivity index (χ1) is 9.18. The van der Waals surface area contributed by atoms with Crippen LogP contribution in [0.1, 0.15) is 38.3 Å². The van der Waals surface area contributed by atoms with Crippen LogP contribution in [-0.2, 0) is 25.7 Å². The number of nitrogens with zero attached hydrogens (tertiary/aromatic N) is 1. The molecule has 0 saturated heterocycles. The number of rotatable bonds is 8. The highest BCUT2D eigenvalue weighted by Gasteiger charge is 2.03. The van der Waals surface area contributed by atoms with Crippen molar-refractivity contribution < 1.29 is 19.1 Å². The number of esters is 2. The van der Waals surface area contributed by atoms with E-state index in [1.54, 1.807) is 6.20 Å². The minimum absolute atomic E-state index is 0.215. The SMILES string of the molecule is CC(=O)OCCCCCC(=O)OCc1ccccn1. The summed E-state index contributed by atoms with van der Waals surface area (Å²) < 4.78 is 9.88. The standard InChI is InChI=1S/C14H19NO4/c1-12(16)18-10-6-2-3-8-14(17)19-11-13-7-4-5-9-15-13/h4-5,7,9H,2-3,6,8,10-11H2,1H3. The predicted molar refractivity (Wildman–Crippen MR) is 69.1 cm³/mol. The molecule has 0 saturated carbocycles. The van der Waals surface area contributed by atoms with Gasteiger partial charge in [0.1, 0.15) is 6.61 Å². The fourth-order valence-corrected chi connectivity index (χ4v) is 1.47. The summed E-state index contributed by atoms with van der Waals surface area (Å²) in [6, 6.07) is 5.48. The molecule has 5 heteroatoms. The first-order valence-corrected chi connectivity index (χ1v) is 6.37. The summed E-state index contributed by atoms with van der Waals surface area (Å²) >= 11 is 0. The smallest absolute Gasteiger partial charge is 0.306 e. The first kappa shape index (κ1) is 15.1. The Kier molecular flexibility index (Phi) is 7.24. The van der Waals surface area contributed by atoms with Crippen LogP contribution in [0.5, 0.6) is 0 Å². The van der Waals surface area contributed by atoms with Gasteiger partial charge in [0.15, 0.2) is 0 Å². The lowest BCUT2D eigenvalue weighted by Gasteiger charge is -2.04. The summed E-state index contributed by atoms with van der Waals surface area (Å²) in [7, 11) is 0. The van der Waals surface area contributed by atoms with Gasteiger partial charge in [0.25, 0.3) is 0 Å². The quantitative estimate of drug-likeness (QED) is 0.532. The Labute approximate surface area is 112 Å². The molecule has 1 rings (SSSR count). The normalized spacial score (nSPS) is 9.95. The lowest BCUT2D eigenvalue weighted by atomic mass is 10.2. The van der Waals surface area contributed by atoms with E-state index in [4.69, 9.17) is 9.47 Å². The first-order valence-electron chi connectivity index (χ1n) is 6.37. The van der Waals surface area contributed by atoms with Gasteiger partial charge in [0.05, 0.1) is 12.3 Å². The summed E-state index contributed by atoms with van der Waals surface area (Å²) in [5.74, 6) is -0.493. The number of hydrogen-bond donors (Lipinski definition) is 0. The fraction of sp³-hybridized carbons (Fsp3) is 0.500. The second-order valence-electron chi connectivity index (χ2n) is 4.13. The number of hydrogen-bond acceptors (Lipinski definition) is 5. The summed E-state index contributed by atoms with van der Waals surface area (Å²) in [6.07, 6.45) is 4.40. The third-order valence-corrected chi connectivity index (χ3v) is 2.44. The van der Waals surface area contributed by atoms with Crippen molar-refractivity contribution in [3.05, 3.63) is 30.1 Å². The third-order valence-electron chi connectivity index (χ3n) is 2.44. The van der Waals surface area contributed by atoms with Crippen LogP contribution in [0, 0.1) is 0 Å². The maximum absolute atomic E-state index is 11.4. The van der Waals surface area contributed by atoms with Gasteiger partial charge in [-0.3, -0.25) is 14.6 Å². The van der Waals surface area contributed by atoms with Crippen LogP contribution >= 0.6 is 0 Å². The van der Waals surface area contributed by atoms with E-state index in [-0.39, 0.29) is 18.5 Å². The molecule has 19 heavy (non-hydrogen) atoms. The van der Waals surface area contributed by atoms with Gasteiger partial charge in [-0.25, -0.2) is 0 Å². The molecular formula is C14H19NO4. The Hall–Kier alpha value is -1.91. The predicted octanol–water partition coefficient (Wildman–Crippen LogP) is 2.25. The van der Waals surface area contributed by atoms with Gasteiger partial charge < -0.3 is 9.47 Å². The van der Waals surface area contributed by atoms with Crippen molar-refractivity contribution in [2.75, 3.05) is 6.61 Å². The van der Waals surface area contributed by atoms with E-state index in [2.05, 4.69) is 4.98 Å². The zero-order chi connectivity index (χ0) is 13.9. The molecule has 0 atom stereocenters.